The summed E-state index contributed by atoms with van der Waals surface area (Å²) in [5, 5.41) is 1.19. The summed E-state index contributed by atoms with van der Waals surface area (Å²) in [7, 11) is 3.61. The van der Waals surface area contributed by atoms with E-state index in [0.29, 0.717) is 12.2 Å². The van der Waals surface area contributed by atoms with E-state index in [0.717, 1.165) is 28.9 Å². The first-order chi connectivity index (χ1) is 10.6. The summed E-state index contributed by atoms with van der Waals surface area (Å²) >= 11 is 0. The molecular weight excluding hydrogens is 277 g/mol. The van der Waals surface area contributed by atoms with E-state index in [1.165, 1.54) is 5.01 Å². The summed E-state index contributed by atoms with van der Waals surface area (Å²) in [6.45, 7) is 0.626. The molecule has 0 atom stereocenters. The van der Waals surface area contributed by atoms with Gasteiger partial charge >= 0.3 is 6.03 Å². The van der Waals surface area contributed by atoms with Gasteiger partial charge in [-0.2, -0.15) is 0 Å². The van der Waals surface area contributed by atoms with Crippen molar-refractivity contribution in [2.24, 2.45) is 5.84 Å². The van der Waals surface area contributed by atoms with Crippen LogP contribution < -0.4 is 26.0 Å². The molecule has 0 radical (unpaired) electrons. The maximum atomic E-state index is 12.7. The molecule has 0 fully saturated rings. The standard InChI is InChI=1S/C16H18BN3O2/c1-22-14-7-2-11-8-9-19(15(11)10-14)16(21)20(18)13-5-3-12(17)4-6-13/h2-7,10H,8-9,17-18H2,1H3. The minimum absolute atomic E-state index is 0.240. The van der Waals surface area contributed by atoms with Gasteiger partial charge in [0.05, 0.1) is 18.5 Å². The molecule has 1 aliphatic heterocycles. The van der Waals surface area contributed by atoms with E-state index in [1.54, 1.807) is 12.0 Å². The molecule has 0 saturated carbocycles. The van der Waals surface area contributed by atoms with E-state index in [-0.39, 0.29) is 6.03 Å². The first-order valence-electron chi connectivity index (χ1n) is 7.20. The van der Waals surface area contributed by atoms with Crippen molar-refractivity contribution < 1.29 is 9.53 Å². The number of amides is 2. The smallest absolute Gasteiger partial charge is 0.343 e. The van der Waals surface area contributed by atoms with Crippen molar-refractivity contribution in [1.29, 1.82) is 0 Å². The van der Waals surface area contributed by atoms with Crippen molar-refractivity contribution >= 4 is 30.7 Å². The lowest BCUT2D eigenvalue weighted by molar-refractivity contribution is 0.252. The van der Waals surface area contributed by atoms with Crippen LogP contribution in [0.25, 0.3) is 0 Å². The molecule has 112 valence electrons. The Bertz CT molecular complexity index is 703. The van der Waals surface area contributed by atoms with Crippen molar-refractivity contribution in [3.63, 3.8) is 0 Å². The van der Waals surface area contributed by atoms with Gasteiger partial charge in [-0.1, -0.05) is 23.7 Å². The van der Waals surface area contributed by atoms with Crippen LogP contribution in [0.15, 0.2) is 42.5 Å². The third-order valence-corrected chi connectivity index (χ3v) is 3.94. The van der Waals surface area contributed by atoms with Crippen molar-refractivity contribution in [2.75, 3.05) is 23.6 Å². The van der Waals surface area contributed by atoms with Crippen LogP contribution in [-0.4, -0.2) is 27.5 Å². The van der Waals surface area contributed by atoms with Gasteiger partial charge in [0.15, 0.2) is 0 Å². The quantitative estimate of drug-likeness (QED) is 0.386. The number of rotatable bonds is 2. The SMILES string of the molecule is Bc1ccc(N(N)C(=O)N2CCc3ccc(OC)cc32)cc1. The van der Waals surface area contributed by atoms with Gasteiger partial charge in [-0.25, -0.2) is 15.6 Å². The van der Waals surface area contributed by atoms with Gasteiger partial charge in [-0.15, -0.1) is 0 Å². The minimum atomic E-state index is -0.240. The Labute approximate surface area is 130 Å². The first kappa shape index (κ1) is 14.5. The van der Waals surface area contributed by atoms with Crippen LogP contribution in [0.1, 0.15) is 5.56 Å². The average molecular weight is 295 g/mol. The molecule has 2 N–H and O–H groups in total. The van der Waals surface area contributed by atoms with E-state index in [9.17, 15) is 4.79 Å². The molecule has 6 heteroatoms. The summed E-state index contributed by atoms with van der Waals surface area (Å²) in [6, 6.07) is 13.1. The van der Waals surface area contributed by atoms with Crippen LogP contribution in [-0.2, 0) is 6.42 Å². The van der Waals surface area contributed by atoms with Crippen LogP contribution in [0.4, 0.5) is 16.2 Å². The van der Waals surface area contributed by atoms with Crippen molar-refractivity contribution in [3.05, 3.63) is 48.0 Å². The topological polar surface area (TPSA) is 58.8 Å². The van der Waals surface area contributed by atoms with E-state index in [2.05, 4.69) is 0 Å². The highest BCUT2D eigenvalue weighted by molar-refractivity contribution is 6.32. The molecular formula is C16H18BN3O2. The second-order valence-corrected chi connectivity index (χ2v) is 5.38. The van der Waals surface area contributed by atoms with Crippen LogP contribution in [0.2, 0.25) is 0 Å². The van der Waals surface area contributed by atoms with E-state index in [1.807, 2.05) is 50.3 Å². The first-order valence-corrected chi connectivity index (χ1v) is 7.20. The van der Waals surface area contributed by atoms with Crippen LogP contribution in [0.5, 0.6) is 5.75 Å². The van der Waals surface area contributed by atoms with Gasteiger partial charge in [0.1, 0.15) is 13.6 Å². The van der Waals surface area contributed by atoms with Gasteiger partial charge in [0, 0.05) is 12.6 Å². The molecule has 1 heterocycles. The summed E-state index contributed by atoms with van der Waals surface area (Å²) in [5.41, 5.74) is 3.80. The molecule has 0 unspecified atom stereocenters. The summed E-state index contributed by atoms with van der Waals surface area (Å²) in [5.74, 6) is 6.74. The Morgan fingerprint density at radius 3 is 2.68 bits per heavy atom. The lowest BCUT2D eigenvalue weighted by atomic mass is 9.96. The van der Waals surface area contributed by atoms with E-state index >= 15 is 0 Å². The maximum absolute atomic E-state index is 12.7. The zero-order valence-electron chi connectivity index (χ0n) is 12.7. The number of carbonyl (C=O) groups is 1. The number of ether oxygens (including phenoxy) is 1. The Morgan fingerprint density at radius 2 is 2.00 bits per heavy atom. The van der Waals surface area contributed by atoms with Gasteiger partial charge in [-0.3, -0.25) is 4.90 Å². The third-order valence-electron chi connectivity index (χ3n) is 3.94. The lowest BCUT2D eigenvalue weighted by Gasteiger charge is -2.25. The Hall–Kier alpha value is -2.47. The molecule has 5 nitrogen and oxygen atoms in total. The molecule has 2 aromatic carbocycles. The van der Waals surface area contributed by atoms with Crippen LogP contribution in [0, 0.1) is 0 Å². The number of nitrogens with two attached hydrogens (primary N) is 1. The minimum Gasteiger partial charge on any atom is -0.497 e. The molecule has 0 aromatic heterocycles. The summed E-state index contributed by atoms with van der Waals surface area (Å²) in [6.07, 6.45) is 0.826. The number of nitrogens with zero attached hydrogens (tertiary/aromatic N) is 2. The van der Waals surface area contributed by atoms with Gasteiger partial charge in [0.25, 0.3) is 0 Å². The van der Waals surface area contributed by atoms with Gasteiger partial charge < -0.3 is 4.74 Å². The van der Waals surface area contributed by atoms with Crippen LogP contribution >= 0.6 is 0 Å². The summed E-state index contributed by atoms with van der Waals surface area (Å²) in [4.78, 5) is 14.4. The lowest BCUT2D eigenvalue weighted by Crippen LogP contribution is -2.47. The van der Waals surface area contributed by atoms with Crippen molar-refractivity contribution in [2.45, 2.75) is 6.42 Å². The molecule has 2 amide bonds. The number of anilines is 2. The Kier molecular flexibility index (Phi) is 3.77. The fourth-order valence-corrected chi connectivity index (χ4v) is 2.63. The average Bonchev–Trinajstić information content (AvgIpc) is 2.97. The highest BCUT2D eigenvalue weighted by atomic mass is 16.5. The van der Waals surface area contributed by atoms with Crippen LogP contribution in [0.3, 0.4) is 0 Å². The molecule has 0 saturated heterocycles. The molecule has 2 aromatic rings. The largest absolute Gasteiger partial charge is 0.497 e. The number of hydrazine groups is 1. The molecule has 0 aliphatic carbocycles. The highest BCUT2D eigenvalue weighted by Crippen LogP contribution is 2.32. The van der Waals surface area contributed by atoms with Crippen molar-refractivity contribution in [3.8, 4) is 5.75 Å². The molecule has 1 aliphatic rings. The zero-order chi connectivity index (χ0) is 15.7. The molecule has 0 bridgehead atoms. The zero-order valence-corrected chi connectivity index (χ0v) is 12.7. The Balaban J connectivity index is 1.86. The number of benzene rings is 2. The van der Waals surface area contributed by atoms with Crippen molar-refractivity contribution in [1.82, 2.24) is 0 Å². The number of hydrogen-bond acceptors (Lipinski definition) is 3. The van der Waals surface area contributed by atoms with E-state index in [4.69, 9.17) is 10.6 Å². The third kappa shape index (κ3) is 2.53. The number of methoxy groups -OCH3 is 1. The fourth-order valence-electron chi connectivity index (χ4n) is 2.63. The normalized spacial score (nSPS) is 12.9. The number of fused-ring (bicyclic) bond motifs is 1. The van der Waals surface area contributed by atoms with Gasteiger partial charge in [-0.05, 0) is 30.2 Å². The predicted octanol–water partition coefficient (Wildman–Crippen LogP) is 0.816. The fraction of sp³-hybridized carbons (Fsp3) is 0.188. The molecule has 0 spiro atoms. The monoisotopic (exact) mass is 295 g/mol. The highest BCUT2D eigenvalue weighted by Gasteiger charge is 2.28. The second-order valence-electron chi connectivity index (χ2n) is 5.38. The molecule has 22 heavy (non-hydrogen) atoms. The maximum Gasteiger partial charge on any atom is 0.343 e. The Morgan fingerprint density at radius 1 is 1.27 bits per heavy atom. The van der Waals surface area contributed by atoms with E-state index < -0.39 is 0 Å². The number of hydrogen-bond donors (Lipinski definition) is 1. The summed E-state index contributed by atoms with van der Waals surface area (Å²) < 4.78 is 5.24. The van der Waals surface area contributed by atoms with Gasteiger partial charge in [0.2, 0.25) is 0 Å². The number of urea groups is 1. The molecule has 3 rings (SSSR count). The number of carbonyl (C=O) groups excluding carboxylic acids is 1. The predicted molar refractivity (Wildman–Crippen MR) is 90.7 cm³/mol. The second kappa shape index (κ2) is 5.73.